The molecule has 0 aliphatic carbocycles. The number of nitrogens with zero attached hydrogens (tertiary/aromatic N) is 3. The third-order valence-electron chi connectivity index (χ3n) is 5.51. The van der Waals surface area contributed by atoms with Gasteiger partial charge < -0.3 is 9.47 Å². The van der Waals surface area contributed by atoms with Crippen molar-refractivity contribution in [2.45, 2.75) is 32.1 Å². The van der Waals surface area contributed by atoms with Gasteiger partial charge in [-0.1, -0.05) is 18.2 Å². The van der Waals surface area contributed by atoms with Crippen LogP contribution in [0.25, 0.3) is 11.0 Å². The van der Waals surface area contributed by atoms with Crippen LogP contribution in [0.1, 0.15) is 40.2 Å². The summed E-state index contributed by atoms with van der Waals surface area (Å²) in [6.07, 6.45) is 2.28. The number of fused-ring (bicyclic) bond motifs is 1. The number of rotatable bonds is 3. The fourth-order valence-electron chi connectivity index (χ4n) is 3.88. The number of halogens is 1. The monoisotopic (exact) mass is 425 g/mol. The summed E-state index contributed by atoms with van der Waals surface area (Å²) in [5, 5.41) is 0.460. The molecule has 4 rings (SSSR count). The van der Waals surface area contributed by atoms with Gasteiger partial charge in [-0.2, -0.15) is 11.8 Å². The number of pyridine rings is 2. The topological polar surface area (TPSA) is 55.2 Å². The van der Waals surface area contributed by atoms with Gasteiger partial charge in [0.15, 0.2) is 0 Å². The van der Waals surface area contributed by atoms with Gasteiger partial charge in [0.25, 0.3) is 5.91 Å². The van der Waals surface area contributed by atoms with Crippen molar-refractivity contribution >= 4 is 28.7 Å². The molecule has 1 fully saturated rings. The molecule has 1 aliphatic rings. The summed E-state index contributed by atoms with van der Waals surface area (Å²) in [4.78, 5) is 32.5. The number of hydrogen-bond donors (Lipinski definition) is 0. The lowest BCUT2D eigenvalue weighted by Crippen LogP contribution is -2.36. The highest BCUT2D eigenvalue weighted by Crippen LogP contribution is 2.35. The predicted octanol–water partition coefficient (Wildman–Crippen LogP) is 4.18. The molecular weight excluding hydrogens is 401 g/mol. The molecule has 1 aromatic carbocycles. The zero-order valence-electron chi connectivity index (χ0n) is 17.1. The van der Waals surface area contributed by atoms with Crippen LogP contribution >= 0.6 is 11.8 Å². The second-order valence-electron chi connectivity index (χ2n) is 7.44. The average molecular weight is 426 g/mol. The minimum absolute atomic E-state index is 0.0000726. The zero-order valence-corrected chi connectivity index (χ0v) is 17.9. The molecule has 1 atom stereocenters. The van der Waals surface area contributed by atoms with Crippen LogP contribution in [0.2, 0.25) is 0 Å². The van der Waals surface area contributed by atoms with Crippen molar-refractivity contribution in [1.29, 1.82) is 0 Å². The Balaban J connectivity index is 1.63. The van der Waals surface area contributed by atoms with E-state index in [1.165, 1.54) is 6.07 Å². The van der Waals surface area contributed by atoms with Gasteiger partial charge in [0.1, 0.15) is 17.0 Å². The summed E-state index contributed by atoms with van der Waals surface area (Å²) < 4.78 is 16.0. The lowest BCUT2D eigenvalue weighted by atomic mass is 10.1. The second kappa shape index (κ2) is 8.60. The first kappa shape index (κ1) is 20.6. The van der Waals surface area contributed by atoms with Gasteiger partial charge in [-0.3, -0.25) is 9.59 Å². The van der Waals surface area contributed by atoms with Gasteiger partial charge in [-0.15, -0.1) is 0 Å². The smallest absolute Gasteiger partial charge is 0.259 e. The molecule has 2 aromatic heterocycles. The molecule has 0 bridgehead atoms. The van der Waals surface area contributed by atoms with E-state index in [0.717, 1.165) is 5.69 Å². The van der Waals surface area contributed by atoms with E-state index in [1.54, 1.807) is 41.1 Å². The summed E-state index contributed by atoms with van der Waals surface area (Å²) in [7, 11) is 0. The Hall–Kier alpha value is -2.67. The number of carbonyl (C=O) groups is 1. The summed E-state index contributed by atoms with van der Waals surface area (Å²) in [5.41, 5.74) is 1.99. The van der Waals surface area contributed by atoms with Gasteiger partial charge in [0.2, 0.25) is 5.43 Å². The fourth-order valence-corrected chi connectivity index (χ4v) is 5.13. The summed E-state index contributed by atoms with van der Waals surface area (Å²) in [6, 6.07) is 10.3. The number of benzene rings is 1. The van der Waals surface area contributed by atoms with Crippen LogP contribution in [0.4, 0.5) is 4.39 Å². The zero-order chi connectivity index (χ0) is 21.3. The molecule has 5 nitrogen and oxygen atoms in total. The molecular formula is C23H24FN3O2S. The lowest BCUT2D eigenvalue weighted by Gasteiger charge is -2.21. The largest absolute Gasteiger partial charge is 0.338 e. The van der Waals surface area contributed by atoms with E-state index < -0.39 is 0 Å². The van der Waals surface area contributed by atoms with Crippen molar-refractivity contribution in [3.05, 3.63) is 75.5 Å². The van der Waals surface area contributed by atoms with Gasteiger partial charge in [0, 0.05) is 48.1 Å². The van der Waals surface area contributed by atoms with Crippen molar-refractivity contribution in [3.8, 4) is 0 Å². The molecule has 0 spiro atoms. The highest BCUT2D eigenvalue weighted by Gasteiger charge is 2.26. The molecule has 0 radical (unpaired) electrons. The third kappa shape index (κ3) is 3.86. The number of aryl methyl sites for hydroxylation is 2. The van der Waals surface area contributed by atoms with Gasteiger partial charge in [0.05, 0.1) is 5.39 Å². The van der Waals surface area contributed by atoms with E-state index in [-0.39, 0.29) is 28.0 Å². The second-order valence-corrected chi connectivity index (χ2v) is 8.75. The molecule has 30 heavy (non-hydrogen) atoms. The first-order valence-electron chi connectivity index (χ1n) is 10.2. The Bertz CT molecular complexity index is 1160. The van der Waals surface area contributed by atoms with Crippen molar-refractivity contribution in [2.75, 3.05) is 18.8 Å². The molecule has 1 saturated heterocycles. The standard InChI is InChI=1S/C23H24FN3O2S/c1-3-26-14-18(21(28)17-9-8-15(2)25-22(17)26)23(29)27-11-10-20(30-13-12-27)16-6-4-5-7-19(16)24/h4-9,14,20H,3,10-13H2,1-2H3. The Morgan fingerprint density at radius 2 is 2.03 bits per heavy atom. The van der Waals surface area contributed by atoms with E-state index in [1.807, 2.05) is 30.5 Å². The molecule has 156 valence electrons. The molecule has 1 unspecified atom stereocenters. The Labute approximate surface area is 178 Å². The SMILES string of the molecule is CCn1cc(C(=O)N2CCSC(c3ccccc3F)CC2)c(=O)c2ccc(C)nc21. The molecule has 7 heteroatoms. The molecule has 3 heterocycles. The van der Waals surface area contributed by atoms with Crippen LogP contribution in [0.5, 0.6) is 0 Å². The van der Waals surface area contributed by atoms with Crippen LogP contribution in [0, 0.1) is 12.7 Å². The van der Waals surface area contributed by atoms with Gasteiger partial charge in [-0.25, -0.2) is 9.37 Å². The van der Waals surface area contributed by atoms with Crippen molar-refractivity contribution in [1.82, 2.24) is 14.5 Å². The average Bonchev–Trinajstić information content (AvgIpc) is 3.00. The van der Waals surface area contributed by atoms with Crippen LogP contribution in [0.3, 0.4) is 0 Å². The van der Waals surface area contributed by atoms with E-state index in [9.17, 15) is 14.0 Å². The molecule has 1 aliphatic heterocycles. The highest BCUT2D eigenvalue weighted by molar-refractivity contribution is 7.99. The lowest BCUT2D eigenvalue weighted by molar-refractivity contribution is 0.0764. The van der Waals surface area contributed by atoms with Crippen molar-refractivity contribution < 1.29 is 9.18 Å². The normalized spacial score (nSPS) is 17.2. The molecule has 0 N–H and O–H groups in total. The van der Waals surface area contributed by atoms with Gasteiger partial charge >= 0.3 is 0 Å². The Kier molecular flexibility index (Phi) is 5.90. The van der Waals surface area contributed by atoms with Crippen molar-refractivity contribution in [3.63, 3.8) is 0 Å². The molecule has 0 saturated carbocycles. The molecule has 1 amide bonds. The summed E-state index contributed by atoms with van der Waals surface area (Å²) >= 11 is 1.66. The van der Waals surface area contributed by atoms with E-state index in [4.69, 9.17) is 0 Å². The highest BCUT2D eigenvalue weighted by atomic mass is 32.2. The minimum Gasteiger partial charge on any atom is -0.338 e. The van der Waals surface area contributed by atoms with E-state index in [0.29, 0.717) is 48.4 Å². The maximum atomic E-state index is 14.2. The van der Waals surface area contributed by atoms with E-state index >= 15 is 0 Å². The van der Waals surface area contributed by atoms with Gasteiger partial charge in [-0.05, 0) is 38.5 Å². The van der Waals surface area contributed by atoms with Crippen LogP contribution in [0.15, 0.2) is 47.4 Å². The summed E-state index contributed by atoms with van der Waals surface area (Å²) in [5.74, 6) is 0.221. The Morgan fingerprint density at radius 1 is 1.23 bits per heavy atom. The van der Waals surface area contributed by atoms with Crippen LogP contribution in [-0.2, 0) is 6.54 Å². The number of thioether (sulfide) groups is 1. The van der Waals surface area contributed by atoms with Crippen LogP contribution in [-0.4, -0.2) is 39.2 Å². The first-order valence-corrected chi connectivity index (χ1v) is 11.2. The van der Waals surface area contributed by atoms with Crippen LogP contribution < -0.4 is 5.43 Å². The first-order chi connectivity index (χ1) is 14.5. The Morgan fingerprint density at radius 3 is 2.80 bits per heavy atom. The summed E-state index contributed by atoms with van der Waals surface area (Å²) in [6.45, 7) is 5.47. The van der Waals surface area contributed by atoms with Crippen molar-refractivity contribution in [2.24, 2.45) is 0 Å². The maximum Gasteiger partial charge on any atom is 0.259 e. The quantitative estimate of drug-likeness (QED) is 0.632. The number of amides is 1. The maximum absolute atomic E-state index is 14.2. The predicted molar refractivity (Wildman–Crippen MR) is 119 cm³/mol. The minimum atomic E-state index is -0.283. The van der Waals surface area contributed by atoms with E-state index in [2.05, 4.69) is 4.98 Å². The number of aromatic nitrogens is 2. The third-order valence-corrected chi connectivity index (χ3v) is 6.82. The fraction of sp³-hybridized carbons (Fsp3) is 0.348. The number of carbonyl (C=O) groups excluding carboxylic acids is 1. The number of hydrogen-bond acceptors (Lipinski definition) is 4. The molecule has 3 aromatic rings.